The van der Waals surface area contributed by atoms with Gasteiger partial charge in [-0.2, -0.15) is 13.2 Å². The van der Waals surface area contributed by atoms with Crippen LogP contribution in [0.15, 0.2) is 24.3 Å². The summed E-state index contributed by atoms with van der Waals surface area (Å²) in [6.45, 7) is -1.45. The molecular formula is C13H11F4NO3. The number of amides is 1. The second kappa shape index (κ2) is 6.38. The van der Waals surface area contributed by atoms with Crippen LogP contribution < -0.4 is 0 Å². The number of carbonyl (C=O) groups is 2. The number of nitrogens with zero attached hydrogens (tertiary/aromatic N) is 1. The van der Waals surface area contributed by atoms with E-state index in [0.717, 1.165) is 31.3 Å². The Kier molecular flexibility index (Phi) is 5.07. The van der Waals surface area contributed by atoms with Crippen LogP contribution in [-0.4, -0.2) is 41.7 Å². The largest absolute Gasteiger partial charge is 0.478 e. The maximum absolute atomic E-state index is 13.6. The van der Waals surface area contributed by atoms with E-state index in [4.69, 9.17) is 5.11 Å². The van der Waals surface area contributed by atoms with Crippen LogP contribution in [-0.2, 0) is 4.79 Å². The number of hydrogen-bond acceptors (Lipinski definition) is 2. The molecule has 0 aliphatic heterocycles. The Morgan fingerprint density at radius 1 is 1.33 bits per heavy atom. The fraction of sp³-hybridized carbons (Fsp3) is 0.231. The Hall–Kier alpha value is -2.38. The Balaban J connectivity index is 2.93. The Bertz CT molecular complexity index is 581. The topological polar surface area (TPSA) is 57.6 Å². The number of aliphatic carboxylic acids is 1. The fourth-order valence-electron chi connectivity index (χ4n) is 1.52. The lowest BCUT2D eigenvalue weighted by atomic mass is 10.1. The molecule has 0 spiro atoms. The highest BCUT2D eigenvalue weighted by Gasteiger charge is 2.31. The lowest BCUT2D eigenvalue weighted by Crippen LogP contribution is -2.35. The third kappa shape index (κ3) is 5.25. The Labute approximate surface area is 117 Å². The van der Waals surface area contributed by atoms with E-state index in [2.05, 4.69) is 0 Å². The minimum Gasteiger partial charge on any atom is -0.478 e. The van der Waals surface area contributed by atoms with E-state index in [9.17, 15) is 27.2 Å². The Morgan fingerprint density at radius 2 is 1.95 bits per heavy atom. The second-order valence-electron chi connectivity index (χ2n) is 4.18. The normalized spacial score (nSPS) is 11.7. The summed E-state index contributed by atoms with van der Waals surface area (Å²) < 4.78 is 50.1. The van der Waals surface area contributed by atoms with E-state index < -0.39 is 30.4 Å². The summed E-state index contributed by atoms with van der Waals surface area (Å²) in [4.78, 5) is 22.4. The summed E-state index contributed by atoms with van der Waals surface area (Å²) >= 11 is 0. The minimum absolute atomic E-state index is 0.0903. The van der Waals surface area contributed by atoms with E-state index in [-0.39, 0.29) is 11.1 Å². The van der Waals surface area contributed by atoms with Crippen molar-refractivity contribution in [3.05, 3.63) is 41.2 Å². The molecule has 1 rings (SSSR count). The Morgan fingerprint density at radius 3 is 2.43 bits per heavy atom. The van der Waals surface area contributed by atoms with Gasteiger partial charge in [0, 0.05) is 24.3 Å². The molecule has 0 atom stereocenters. The highest BCUT2D eigenvalue weighted by atomic mass is 19.4. The van der Waals surface area contributed by atoms with Crippen LogP contribution in [0.5, 0.6) is 0 Å². The van der Waals surface area contributed by atoms with Gasteiger partial charge >= 0.3 is 12.1 Å². The summed E-state index contributed by atoms with van der Waals surface area (Å²) in [5.41, 5.74) is -0.348. The number of carboxylic acids is 1. The first kappa shape index (κ1) is 16.7. The molecule has 0 radical (unpaired) electrons. The molecule has 0 heterocycles. The molecule has 1 aromatic carbocycles. The van der Waals surface area contributed by atoms with Crippen molar-refractivity contribution in [3.63, 3.8) is 0 Å². The van der Waals surface area contributed by atoms with E-state index in [1.807, 2.05) is 0 Å². The highest BCUT2D eigenvalue weighted by molar-refractivity contribution is 5.94. The molecule has 114 valence electrons. The number of carboxylic acid groups (broad SMARTS) is 1. The first-order chi connectivity index (χ1) is 9.60. The summed E-state index contributed by atoms with van der Waals surface area (Å²) in [6, 6.07) is 3.00. The molecular weight excluding hydrogens is 294 g/mol. The van der Waals surface area contributed by atoms with Crippen LogP contribution in [0.4, 0.5) is 17.6 Å². The summed E-state index contributed by atoms with van der Waals surface area (Å²) in [6.07, 6.45) is -2.87. The summed E-state index contributed by atoms with van der Waals surface area (Å²) in [5.74, 6) is -3.17. The SMILES string of the molecule is CN(CC(F)(F)F)C(=O)c1ccc(C=CC(=O)O)c(F)c1. The van der Waals surface area contributed by atoms with Crippen molar-refractivity contribution >= 4 is 18.0 Å². The van der Waals surface area contributed by atoms with Gasteiger partial charge in [0.2, 0.25) is 0 Å². The van der Waals surface area contributed by atoms with E-state index in [0.29, 0.717) is 11.0 Å². The van der Waals surface area contributed by atoms with Gasteiger partial charge in [-0.05, 0) is 18.2 Å². The third-order valence-electron chi connectivity index (χ3n) is 2.42. The molecule has 0 saturated heterocycles. The molecule has 1 aromatic rings. The van der Waals surface area contributed by atoms with Crippen LogP contribution in [0.1, 0.15) is 15.9 Å². The molecule has 0 fully saturated rings. The monoisotopic (exact) mass is 305 g/mol. The van der Waals surface area contributed by atoms with Crippen molar-refractivity contribution in [1.29, 1.82) is 0 Å². The molecule has 8 heteroatoms. The van der Waals surface area contributed by atoms with Gasteiger partial charge in [0.25, 0.3) is 5.91 Å². The standard InChI is InChI=1S/C13H11F4NO3/c1-18(7-13(15,16)17)12(21)9-3-2-8(10(14)6-9)4-5-11(19)20/h2-6H,7H2,1H3,(H,19,20). The van der Waals surface area contributed by atoms with Crippen molar-refractivity contribution in [1.82, 2.24) is 4.90 Å². The lowest BCUT2D eigenvalue weighted by Gasteiger charge is -2.19. The molecule has 1 amide bonds. The van der Waals surface area contributed by atoms with Gasteiger partial charge in [-0.3, -0.25) is 4.79 Å². The summed E-state index contributed by atoms with van der Waals surface area (Å²) in [7, 11) is 0.950. The molecule has 0 unspecified atom stereocenters. The van der Waals surface area contributed by atoms with Crippen LogP contribution in [0.3, 0.4) is 0 Å². The van der Waals surface area contributed by atoms with E-state index in [1.165, 1.54) is 0 Å². The van der Waals surface area contributed by atoms with Gasteiger partial charge in [-0.1, -0.05) is 6.07 Å². The number of hydrogen-bond donors (Lipinski definition) is 1. The van der Waals surface area contributed by atoms with Crippen molar-refractivity contribution < 1.29 is 32.3 Å². The maximum atomic E-state index is 13.6. The number of benzene rings is 1. The molecule has 0 aliphatic rings. The lowest BCUT2D eigenvalue weighted by molar-refractivity contribution is -0.138. The minimum atomic E-state index is -4.55. The molecule has 0 saturated carbocycles. The number of halogens is 4. The second-order valence-corrected chi connectivity index (χ2v) is 4.18. The van der Waals surface area contributed by atoms with Gasteiger partial charge in [0.1, 0.15) is 12.4 Å². The quantitative estimate of drug-likeness (QED) is 0.687. The summed E-state index contributed by atoms with van der Waals surface area (Å²) in [5, 5.41) is 8.41. The first-order valence-electron chi connectivity index (χ1n) is 5.63. The van der Waals surface area contributed by atoms with Crippen LogP contribution in [0, 0.1) is 5.82 Å². The van der Waals surface area contributed by atoms with Crippen molar-refractivity contribution in [2.75, 3.05) is 13.6 Å². The zero-order chi connectivity index (χ0) is 16.2. The average molecular weight is 305 g/mol. The number of rotatable bonds is 4. The van der Waals surface area contributed by atoms with Crippen molar-refractivity contribution in [2.24, 2.45) is 0 Å². The van der Waals surface area contributed by atoms with Gasteiger partial charge in [0.15, 0.2) is 0 Å². The molecule has 21 heavy (non-hydrogen) atoms. The fourth-order valence-corrected chi connectivity index (χ4v) is 1.52. The van der Waals surface area contributed by atoms with Crippen LogP contribution >= 0.6 is 0 Å². The number of carbonyl (C=O) groups excluding carboxylic acids is 1. The smallest absolute Gasteiger partial charge is 0.406 e. The molecule has 1 N–H and O–H groups in total. The zero-order valence-corrected chi connectivity index (χ0v) is 10.8. The average Bonchev–Trinajstić information content (AvgIpc) is 2.34. The predicted molar refractivity (Wildman–Crippen MR) is 66.1 cm³/mol. The molecule has 0 aliphatic carbocycles. The van der Waals surface area contributed by atoms with Crippen LogP contribution in [0.25, 0.3) is 6.08 Å². The molecule has 0 aromatic heterocycles. The van der Waals surface area contributed by atoms with Crippen molar-refractivity contribution in [3.8, 4) is 0 Å². The van der Waals surface area contributed by atoms with Crippen molar-refractivity contribution in [2.45, 2.75) is 6.18 Å². The molecule has 4 nitrogen and oxygen atoms in total. The van der Waals surface area contributed by atoms with Crippen LogP contribution in [0.2, 0.25) is 0 Å². The van der Waals surface area contributed by atoms with Gasteiger partial charge in [-0.15, -0.1) is 0 Å². The van der Waals surface area contributed by atoms with Gasteiger partial charge in [-0.25, -0.2) is 9.18 Å². The molecule has 0 bridgehead atoms. The van der Waals surface area contributed by atoms with Gasteiger partial charge < -0.3 is 10.0 Å². The third-order valence-corrected chi connectivity index (χ3v) is 2.42. The zero-order valence-electron chi connectivity index (χ0n) is 10.8. The first-order valence-corrected chi connectivity index (χ1v) is 5.63. The number of alkyl halides is 3. The predicted octanol–water partition coefficient (Wildman–Crippen LogP) is 2.56. The van der Waals surface area contributed by atoms with Gasteiger partial charge in [0.05, 0.1) is 0 Å². The van der Waals surface area contributed by atoms with E-state index >= 15 is 0 Å². The van der Waals surface area contributed by atoms with E-state index in [1.54, 1.807) is 0 Å². The highest BCUT2D eigenvalue weighted by Crippen LogP contribution is 2.18. The maximum Gasteiger partial charge on any atom is 0.406 e.